The van der Waals surface area contributed by atoms with Gasteiger partial charge in [-0.2, -0.15) is 0 Å². The highest BCUT2D eigenvalue weighted by molar-refractivity contribution is 6.46. The molecule has 0 amide bonds. The van der Waals surface area contributed by atoms with Gasteiger partial charge in [-0.25, -0.2) is 0 Å². The van der Waals surface area contributed by atoms with Gasteiger partial charge in [-0.05, 0) is 39.8 Å². The van der Waals surface area contributed by atoms with Crippen molar-refractivity contribution in [2.75, 3.05) is 14.2 Å². The van der Waals surface area contributed by atoms with Gasteiger partial charge in [0.2, 0.25) is 0 Å². The Balaban J connectivity index is 0.000000243. The van der Waals surface area contributed by atoms with Crippen molar-refractivity contribution in [3.8, 4) is 0 Å². The van der Waals surface area contributed by atoms with E-state index in [9.17, 15) is 0 Å². The van der Waals surface area contributed by atoms with Crippen molar-refractivity contribution >= 4 is 14.2 Å². The molecular weight excluding hydrogens is 302 g/mol. The second-order valence-corrected chi connectivity index (χ2v) is 8.07. The van der Waals surface area contributed by atoms with E-state index in [1.54, 1.807) is 14.2 Å². The third-order valence-electron chi connectivity index (χ3n) is 5.59. The molecule has 0 aromatic heterocycles. The lowest BCUT2D eigenvalue weighted by atomic mass is 9.64. The smallest absolute Gasteiger partial charge is 0.414 e. The molecular formula is C18H38B2O4. The van der Waals surface area contributed by atoms with Gasteiger partial charge >= 0.3 is 14.2 Å². The minimum absolute atomic E-state index is 0.00458. The molecule has 2 aliphatic rings. The first-order valence-corrected chi connectivity index (χ1v) is 9.68. The summed E-state index contributed by atoms with van der Waals surface area (Å²) in [6.07, 6.45) is 10.0. The van der Waals surface area contributed by atoms with Gasteiger partial charge in [-0.3, -0.25) is 0 Å². The van der Waals surface area contributed by atoms with Crippen LogP contribution in [0.3, 0.4) is 0 Å². The van der Waals surface area contributed by atoms with E-state index in [0.717, 1.165) is 6.32 Å². The Hall–Kier alpha value is -0.0301. The second kappa shape index (κ2) is 10.2. The van der Waals surface area contributed by atoms with E-state index in [-0.39, 0.29) is 25.4 Å². The number of hydrogen-bond donors (Lipinski definition) is 0. The minimum atomic E-state index is -0.161. The quantitative estimate of drug-likeness (QED) is 0.639. The largest absolute Gasteiger partial charge is 0.459 e. The van der Waals surface area contributed by atoms with E-state index in [2.05, 4.69) is 34.6 Å². The van der Waals surface area contributed by atoms with Crippen LogP contribution in [0.15, 0.2) is 0 Å². The first kappa shape index (κ1) is 22.0. The third kappa shape index (κ3) is 6.36. The van der Waals surface area contributed by atoms with Crippen molar-refractivity contribution < 1.29 is 18.6 Å². The topological polar surface area (TPSA) is 36.9 Å². The Morgan fingerprint density at radius 3 is 1.88 bits per heavy atom. The predicted octanol–water partition coefficient (Wildman–Crippen LogP) is 4.98. The molecule has 0 N–H and O–H groups in total. The summed E-state index contributed by atoms with van der Waals surface area (Å²) < 4.78 is 22.1. The maximum atomic E-state index is 5.84. The Morgan fingerprint density at radius 2 is 1.46 bits per heavy atom. The van der Waals surface area contributed by atoms with E-state index < -0.39 is 0 Å². The summed E-state index contributed by atoms with van der Waals surface area (Å²) in [6.45, 7) is 10.6. The maximum Gasteiger partial charge on any atom is 0.459 e. The summed E-state index contributed by atoms with van der Waals surface area (Å²) in [5, 5.41) is 0. The Morgan fingerprint density at radius 1 is 0.958 bits per heavy atom. The molecule has 0 unspecified atom stereocenters. The molecule has 0 radical (unpaired) electrons. The van der Waals surface area contributed by atoms with Crippen molar-refractivity contribution in [1.82, 2.24) is 0 Å². The second-order valence-electron chi connectivity index (χ2n) is 8.07. The molecule has 2 rings (SSSR count). The number of unbranched alkanes of at least 4 members (excludes halogenated alkanes) is 1. The van der Waals surface area contributed by atoms with Gasteiger partial charge < -0.3 is 18.6 Å². The van der Waals surface area contributed by atoms with E-state index in [1.807, 2.05) is 0 Å². The molecule has 0 atom stereocenters. The van der Waals surface area contributed by atoms with Crippen LogP contribution >= 0.6 is 0 Å². The Labute approximate surface area is 150 Å². The zero-order chi connectivity index (χ0) is 18.2. The number of rotatable bonds is 6. The van der Waals surface area contributed by atoms with Gasteiger partial charge in [0.05, 0.1) is 11.2 Å². The fourth-order valence-corrected chi connectivity index (χ4v) is 3.34. The van der Waals surface area contributed by atoms with E-state index >= 15 is 0 Å². The SMILES string of the molecule is CCCCB1OC(C)(C)C(C)(C)O1.COB(OC)C1CCCCC1. The van der Waals surface area contributed by atoms with Gasteiger partial charge in [0.15, 0.2) is 0 Å². The molecule has 0 bridgehead atoms. The highest BCUT2D eigenvalue weighted by atomic mass is 16.7. The van der Waals surface area contributed by atoms with E-state index in [1.165, 1.54) is 44.9 Å². The highest BCUT2D eigenvalue weighted by Crippen LogP contribution is 2.38. The average molecular weight is 340 g/mol. The summed E-state index contributed by atoms with van der Waals surface area (Å²) in [7, 11) is 3.49. The molecule has 1 saturated carbocycles. The van der Waals surface area contributed by atoms with Crippen LogP contribution in [0.4, 0.5) is 0 Å². The lowest BCUT2D eigenvalue weighted by molar-refractivity contribution is 0.00578. The number of hydrogen-bond acceptors (Lipinski definition) is 4. The molecule has 1 heterocycles. The summed E-state index contributed by atoms with van der Waals surface area (Å²) in [5.41, 5.74) is -0.323. The summed E-state index contributed by atoms with van der Waals surface area (Å²) in [5.74, 6) is 0.638. The van der Waals surface area contributed by atoms with Gasteiger partial charge in [-0.1, -0.05) is 51.9 Å². The van der Waals surface area contributed by atoms with Crippen LogP contribution in [0.1, 0.15) is 79.6 Å². The van der Waals surface area contributed by atoms with Crippen LogP contribution in [0.5, 0.6) is 0 Å². The van der Waals surface area contributed by atoms with Gasteiger partial charge in [0, 0.05) is 14.2 Å². The van der Waals surface area contributed by atoms with E-state index in [4.69, 9.17) is 18.6 Å². The van der Waals surface area contributed by atoms with Crippen LogP contribution in [0.2, 0.25) is 12.1 Å². The van der Waals surface area contributed by atoms with Crippen molar-refractivity contribution in [2.45, 2.75) is 103 Å². The average Bonchev–Trinajstić information content (AvgIpc) is 2.75. The van der Waals surface area contributed by atoms with Gasteiger partial charge in [0.1, 0.15) is 0 Å². The Kier molecular flexibility index (Phi) is 9.35. The summed E-state index contributed by atoms with van der Waals surface area (Å²) in [4.78, 5) is 0. The fourth-order valence-electron chi connectivity index (χ4n) is 3.34. The maximum absolute atomic E-state index is 5.84. The highest BCUT2D eigenvalue weighted by Gasteiger charge is 2.50. The van der Waals surface area contributed by atoms with Crippen LogP contribution < -0.4 is 0 Å². The van der Waals surface area contributed by atoms with Crippen LogP contribution in [0.25, 0.3) is 0 Å². The molecule has 6 heteroatoms. The Bertz CT molecular complexity index is 324. The van der Waals surface area contributed by atoms with Crippen LogP contribution in [0, 0.1) is 0 Å². The van der Waals surface area contributed by atoms with E-state index in [0.29, 0.717) is 5.82 Å². The van der Waals surface area contributed by atoms with Crippen LogP contribution in [-0.4, -0.2) is 39.7 Å². The molecule has 24 heavy (non-hydrogen) atoms. The van der Waals surface area contributed by atoms with Crippen molar-refractivity contribution in [3.63, 3.8) is 0 Å². The molecule has 4 nitrogen and oxygen atoms in total. The normalized spacial score (nSPS) is 22.9. The third-order valence-corrected chi connectivity index (χ3v) is 5.59. The lowest BCUT2D eigenvalue weighted by Crippen LogP contribution is -2.41. The molecule has 0 aromatic rings. The zero-order valence-corrected chi connectivity index (χ0v) is 17.0. The standard InChI is InChI=1S/C10H21BO2.C8H17BO2/c1-6-7-8-11-12-9(2,3)10(4,5)13-11;1-10-9(11-2)8-6-4-3-5-7-8/h6-8H2,1-5H3;8H,3-7H2,1-2H3. The first-order valence-electron chi connectivity index (χ1n) is 9.68. The van der Waals surface area contributed by atoms with Crippen molar-refractivity contribution in [2.24, 2.45) is 0 Å². The van der Waals surface area contributed by atoms with Crippen molar-refractivity contribution in [1.29, 1.82) is 0 Å². The minimum Gasteiger partial charge on any atom is -0.414 e. The molecule has 1 aliphatic heterocycles. The molecule has 0 aromatic carbocycles. The molecule has 1 saturated heterocycles. The first-order chi connectivity index (χ1) is 11.3. The monoisotopic (exact) mass is 340 g/mol. The molecule has 0 spiro atoms. The summed E-state index contributed by atoms with van der Waals surface area (Å²) in [6, 6.07) is 0. The van der Waals surface area contributed by atoms with Gasteiger partial charge in [-0.15, -0.1) is 0 Å². The molecule has 1 aliphatic carbocycles. The van der Waals surface area contributed by atoms with Gasteiger partial charge in [0.25, 0.3) is 0 Å². The lowest BCUT2D eigenvalue weighted by Gasteiger charge is -2.32. The fraction of sp³-hybridized carbons (Fsp3) is 1.00. The predicted molar refractivity (Wildman–Crippen MR) is 102 cm³/mol. The molecule has 140 valence electrons. The zero-order valence-electron chi connectivity index (χ0n) is 17.0. The summed E-state index contributed by atoms with van der Waals surface area (Å²) >= 11 is 0. The van der Waals surface area contributed by atoms with Crippen LogP contribution in [-0.2, 0) is 18.6 Å². The molecule has 2 fully saturated rings. The van der Waals surface area contributed by atoms with Crippen molar-refractivity contribution in [3.05, 3.63) is 0 Å².